The van der Waals surface area contributed by atoms with Crippen molar-refractivity contribution in [2.75, 3.05) is 0 Å². The Bertz CT molecular complexity index is 292. The Hall–Kier alpha value is -3.45. The van der Waals surface area contributed by atoms with Gasteiger partial charge in [0.2, 0.25) is 5.96 Å². The summed E-state index contributed by atoms with van der Waals surface area (Å²) in [5, 5.41) is 31.6. The number of hydrogen-bond acceptors (Lipinski definition) is 6. The van der Waals surface area contributed by atoms with Crippen molar-refractivity contribution in [3.63, 3.8) is 0 Å². The van der Waals surface area contributed by atoms with E-state index in [4.69, 9.17) is 51.1 Å². The molecule has 0 aliphatic rings. The maximum Gasteiger partial charge on any atom is 0.503 e. The highest BCUT2D eigenvalue weighted by Gasteiger charge is 2.04. The number of carboxylic acids is 2. The fourth-order valence-electron chi connectivity index (χ4n) is 0. The maximum absolute atomic E-state index is 9.10. The van der Waals surface area contributed by atoms with Crippen molar-refractivity contribution < 1.29 is 39.6 Å². The summed E-state index contributed by atoms with van der Waals surface area (Å²) in [7, 11) is 0. The van der Waals surface area contributed by atoms with Gasteiger partial charge in [0.15, 0.2) is 0 Å². The van der Waals surface area contributed by atoms with Crippen LogP contribution in [0.5, 0.6) is 0 Å². The number of nitrogens with zero attached hydrogens (tertiary/aromatic N) is 1. The highest BCUT2D eigenvalue weighted by Crippen LogP contribution is 1.56. The summed E-state index contributed by atoms with van der Waals surface area (Å²) < 4.78 is 0. The van der Waals surface area contributed by atoms with Crippen molar-refractivity contribution in [3.05, 3.63) is 0 Å². The molecular formula is C5H14N6O8. The van der Waals surface area contributed by atoms with Crippen molar-refractivity contribution in [1.29, 1.82) is 0 Å². The Morgan fingerprint density at radius 1 is 0.737 bits per heavy atom. The van der Waals surface area contributed by atoms with Gasteiger partial charge < -0.3 is 49.2 Å². The first-order chi connectivity index (χ1) is 8.38. The molecule has 0 aliphatic heterocycles. The number of carbonyl (C=O) groups is 4. The Balaban J connectivity index is -0.0000000803. The molecule has 2 amide bonds. The monoisotopic (exact) mass is 286 g/mol. The van der Waals surface area contributed by atoms with Gasteiger partial charge in [0.1, 0.15) is 0 Å². The van der Waals surface area contributed by atoms with E-state index in [1.54, 1.807) is 0 Å². The van der Waals surface area contributed by atoms with Gasteiger partial charge in [-0.3, -0.25) is 0 Å². The van der Waals surface area contributed by atoms with Gasteiger partial charge in [-0.25, -0.2) is 19.2 Å². The van der Waals surface area contributed by atoms with Gasteiger partial charge in [-0.2, -0.15) is 0 Å². The largest absolute Gasteiger partial charge is 0.503 e. The topological polar surface area (TPSA) is 292 Å². The minimum absolute atomic E-state index is 0.0926. The smallest absolute Gasteiger partial charge is 0.473 e. The number of hydrazone groups is 1. The average Bonchev–Trinajstić information content (AvgIpc) is 2.16. The molecule has 0 aromatic heterocycles. The lowest BCUT2D eigenvalue weighted by atomic mass is 10.7. The third-order valence-corrected chi connectivity index (χ3v) is 0.332. The van der Waals surface area contributed by atoms with E-state index in [-0.39, 0.29) is 5.96 Å². The minimum atomic E-state index is -1.83. The summed E-state index contributed by atoms with van der Waals surface area (Å²) >= 11 is 0. The van der Waals surface area contributed by atoms with Crippen molar-refractivity contribution in [2.45, 2.75) is 0 Å². The fourth-order valence-corrected chi connectivity index (χ4v) is 0. The summed E-state index contributed by atoms with van der Waals surface area (Å²) in [4.78, 5) is 35.8. The molecular weight excluding hydrogens is 272 g/mol. The first-order valence-corrected chi connectivity index (χ1v) is 3.60. The number of aliphatic carboxylic acids is 2. The van der Waals surface area contributed by atoms with Crippen molar-refractivity contribution in [3.8, 4) is 0 Å². The highest BCUT2D eigenvalue weighted by molar-refractivity contribution is 6.27. The zero-order chi connectivity index (χ0) is 16.6. The van der Waals surface area contributed by atoms with Gasteiger partial charge in [-0.1, -0.05) is 0 Å². The number of carbonyl (C=O) groups excluding carboxylic acids is 1. The molecule has 112 valence electrons. The zero-order valence-corrected chi connectivity index (χ0v) is 9.26. The number of guanidine groups is 1. The van der Waals surface area contributed by atoms with Crippen LogP contribution in [-0.2, 0) is 9.59 Å². The molecule has 19 heavy (non-hydrogen) atoms. The summed E-state index contributed by atoms with van der Waals surface area (Å²) in [5.41, 5.74) is 17.9. The summed E-state index contributed by atoms with van der Waals surface area (Å²) in [6, 6.07) is -0.833. The van der Waals surface area contributed by atoms with Gasteiger partial charge in [0.25, 0.3) is 0 Å². The molecule has 0 aliphatic carbocycles. The second kappa shape index (κ2) is 17.0. The van der Waals surface area contributed by atoms with E-state index < -0.39 is 24.1 Å². The molecule has 14 heteroatoms. The van der Waals surface area contributed by atoms with Crippen molar-refractivity contribution in [1.82, 2.24) is 0 Å². The van der Waals surface area contributed by atoms with E-state index in [1.807, 2.05) is 0 Å². The number of rotatable bonds is 0. The highest BCUT2D eigenvalue weighted by atomic mass is 16.6. The lowest BCUT2D eigenvalue weighted by molar-refractivity contribution is -0.159. The van der Waals surface area contributed by atoms with Crippen LogP contribution >= 0.6 is 0 Å². The Morgan fingerprint density at radius 2 is 0.842 bits per heavy atom. The predicted octanol–water partition coefficient (Wildman–Crippen LogP) is -3.46. The molecule has 0 bridgehead atoms. The molecule has 0 heterocycles. The van der Waals surface area contributed by atoms with E-state index in [0.717, 1.165) is 0 Å². The zero-order valence-electron chi connectivity index (χ0n) is 9.26. The van der Waals surface area contributed by atoms with Crippen LogP contribution in [0.1, 0.15) is 0 Å². The first-order valence-electron chi connectivity index (χ1n) is 3.60. The van der Waals surface area contributed by atoms with Crippen LogP contribution < -0.4 is 28.8 Å². The molecule has 0 fully saturated rings. The van der Waals surface area contributed by atoms with Gasteiger partial charge in [0.05, 0.1) is 0 Å². The molecule has 14 N–H and O–H groups in total. The molecule has 0 atom stereocenters. The van der Waals surface area contributed by atoms with Crippen LogP contribution in [0.2, 0.25) is 0 Å². The summed E-state index contributed by atoms with van der Waals surface area (Å²) in [6.45, 7) is 0. The summed E-state index contributed by atoms with van der Waals surface area (Å²) in [6.07, 6.45) is -1.83. The number of urea groups is 1. The molecule has 14 nitrogen and oxygen atoms in total. The Morgan fingerprint density at radius 3 is 0.842 bits per heavy atom. The van der Waals surface area contributed by atoms with Crippen LogP contribution in [0, 0.1) is 0 Å². The fraction of sp³-hybridized carbons (Fsp3) is 0. The van der Waals surface area contributed by atoms with E-state index >= 15 is 0 Å². The molecule has 0 saturated heterocycles. The molecule has 0 radical (unpaired) electrons. The van der Waals surface area contributed by atoms with Crippen LogP contribution in [0.4, 0.5) is 9.59 Å². The van der Waals surface area contributed by atoms with Crippen LogP contribution in [0.15, 0.2) is 5.10 Å². The first kappa shape index (κ1) is 24.7. The Kier molecular flexibility index (Phi) is 22.0. The number of primary amides is 2. The number of nitrogens with two attached hydrogens (primary N) is 5. The quantitative estimate of drug-likeness (QED) is 0.0692. The number of carboxylic acid groups (broad SMARTS) is 4. The molecule has 0 aromatic carbocycles. The normalized spacial score (nSPS) is 6.53. The molecule has 0 spiro atoms. The standard InChI is InChI=1S/C2H2O4.CH6N4.CH4N2O.CH2O3/c3-1(4)2(5)6;2-1(3)5-4;2*2-1(3)4/h(H,3,4)(H,5,6);4H2,(H4,2,3,5);(H4,2,3,4);(H2,2,3,4). The lowest BCUT2D eigenvalue weighted by Crippen LogP contribution is -2.23. The lowest BCUT2D eigenvalue weighted by Gasteiger charge is -1.76. The van der Waals surface area contributed by atoms with E-state index in [0.29, 0.717) is 0 Å². The average molecular weight is 286 g/mol. The molecule has 0 unspecified atom stereocenters. The van der Waals surface area contributed by atoms with Crippen LogP contribution in [0.3, 0.4) is 0 Å². The SMILES string of the molecule is NC(N)=O.NN=C(N)N.O=C(O)C(=O)O.O=C(O)O. The minimum Gasteiger partial charge on any atom is -0.473 e. The van der Waals surface area contributed by atoms with E-state index in [2.05, 4.69) is 22.4 Å². The predicted molar refractivity (Wildman–Crippen MR) is 59.7 cm³/mol. The van der Waals surface area contributed by atoms with Gasteiger partial charge in [0, 0.05) is 0 Å². The van der Waals surface area contributed by atoms with Crippen molar-refractivity contribution >= 4 is 30.1 Å². The van der Waals surface area contributed by atoms with Crippen LogP contribution in [-0.4, -0.2) is 50.5 Å². The number of hydrogen-bond donors (Lipinski definition) is 9. The van der Waals surface area contributed by atoms with E-state index in [1.165, 1.54) is 0 Å². The van der Waals surface area contributed by atoms with Gasteiger partial charge >= 0.3 is 24.1 Å². The second-order valence-electron chi connectivity index (χ2n) is 1.85. The number of amides is 2. The molecule has 0 rings (SSSR count). The second-order valence-corrected chi connectivity index (χ2v) is 1.85. The summed E-state index contributed by atoms with van der Waals surface area (Å²) in [5.74, 6) is 0.769. The van der Waals surface area contributed by atoms with Gasteiger partial charge in [-0.15, -0.1) is 5.10 Å². The van der Waals surface area contributed by atoms with Crippen LogP contribution in [0.25, 0.3) is 0 Å². The maximum atomic E-state index is 9.10. The third kappa shape index (κ3) is 352. The molecule has 0 aromatic rings. The molecule has 0 saturated carbocycles. The van der Waals surface area contributed by atoms with E-state index in [9.17, 15) is 0 Å². The van der Waals surface area contributed by atoms with Gasteiger partial charge in [-0.05, 0) is 0 Å². The Labute approximate surface area is 105 Å². The third-order valence-electron chi connectivity index (χ3n) is 0.332. The van der Waals surface area contributed by atoms with Crippen molar-refractivity contribution in [2.24, 2.45) is 33.9 Å².